The molecular weight excluding hydrogens is 458 g/mol. The van der Waals surface area contributed by atoms with Crippen LogP contribution in [0.25, 0.3) is 32.2 Å². The maximum absolute atomic E-state index is 6.58. The molecule has 1 saturated heterocycles. The summed E-state index contributed by atoms with van der Waals surface area (Å²) in [5.74, 6) is 3.03. The Balaban J connectivity index is 1.32. The molecule has 7 rings (SSSR count). The molecule has 0 spiro atoms. The molecule has 1 aliphatic heterocycles. The van der Waals surface area contributed by atoms with Crippen molar-refractivity contribution in [1.29, 1.82) is 0 Å². The second kappa shape index (κ2) is 8.59. The zero-order valence-electron chi connectivity index (χ0n) is 19.8. The van der Waals surface area contributed by atoms with Crippen LogP contribution in [-0.2, 0) is 24.1 Å². The number of hydrogen-bond donors (Lipinski definition) is 1. The standard InChI is InChI=1S/C28H27N3O3S/c1-17-6-8-20-24(14-17)35-28-26(20)27(29-25(30-28)16-31-10-12-32-13-11-31)33-18-7-9-23-21(15-18)19-4-2-3-5-22(19)34-23/h2-5,7,9,15,17H,6,8,10-14,16H2,1H3/p+1/t17-/m1/s1. The lowest BCUT2D eigenvalue weighted by molar-refractivity contribution is -0.922. The van der Waals surface area contributed by atoms with Crippen LogP contribution in [0.15, 0.2) is 46.9 Å². The summed E-state index contributed by atoms with van der Waals surface area (Å²) in [6.45, 7) is 6.70. The van der Waals surface area contributed by atoms with Gasteiger partial charge in [-0.05, 0) is 55.0 Å². The highest BCUT2D eigenvalue weighted by Gasteiger charge is 2.26. The molecule has 1 fully saturated rings. The van der Waals surface area contributed by atoms with Gasteiger partial charge in [-0.25, -0.2) is 4.98 Å². The maximum Gasteiger partial charge on any atom is 0.231 e. The molecule has 4 heterocycles. The van der Waals surface area contributed by atoms with Gasteiger partial charge in [-0.1, -0.05) is 25.1 Å². The van der Waals surface area contributed by atoms with Crippen LogP contribution >= 0.6 is 11.3 Å². The fourth-order valence-electron chi connectivity index (χ4n) is 5.44. The third-order valence-corrected chi connectivity index (χ3v) is 8.49. The van der Waals surface area contributed by atoms with Crippen LogP contribution in [-0.4, -0.2) is 36.3 Å². The summed E-state index contributed by atoms with van der Waals surface area (Å²) < 4.78 is 18.1. The number of aryl methyl sites for hydroxylation is 1. The number of aromatic nitrogens is 2. The molecule has 0 radical (unpaired) electrons. The number of nitrogens with one attached hydrogen (secondary N) is 1. The number of quaternary nitrogens is 1. The molecule has 6 nitrogen and oxygen atoms in total. The molecule has 7 heteroatoms. The Labute approximate surface area is 207 Å². The number of benzene rings is 2. The minimum atomic E-state index is 0.692. The number of furan rings is 1. The summed E-state index contributed by atoms with van der Waals surface area (Å²) >= 11 is 1.83. The van der Waals surface area contributed by atoms with Gasteiger partial charge in [-0.15, -0.1) is 11.3 Å². The molecule has 1 N–H and O–H groups in total. The molecule has 178 valence electrons. The number of rotatable bonds is 4. The van der Waals surface area contributed by atoms with Crippen molar-refractivity contribution in [1.82, 2.24) is 9.97 Å². The first-order chi connectivity index (χ1) is 17.2. The van der Waals surface area contributed by atoms with E-state index in [0.717, 1.165) is 89.4 Å². The zero-order valence-corrected chi connectivity index (χ0v) is 20.6. The number of thiophene rings is 1. The molecular formula is C28H28N3O3S+. The van der Waals surface area contributed by atoms with Crippen molar-refractivity contribution in [2.45, 2.75) is 32.7 Å². The van der Waals surface area contributed by atoms with E-state index in [4.69, 9.17) is 23.9 Å². The van der Waals surface area contributed by atoms with E-state index >= 15 is 0 Å². The average Bonchev–Trinajstić information content (AvgIpc) is 3.42. The van der Waals surface area contributed by atoms with Crippen LogP contribution in [0, 0.1) is 5.92 Å². The van der Waals surface area contributed by atoms with Crippen LogP contribution in [0.1, 0.15) is 29.6 Å². The van der Waals surface area contributed by atoms with Crippen LogP contribution in [0.3, 0.4) is 0 Å². The van der Waals surface area contributed by atoms with E-state index in [1.165, 1.54) is 21.8 Å². The molecule has 0 amide bonds. The topological polar surface area (TPSA) is 61.8 Å². The van der Waals surface area contributed by atoms with E-state index in [2.05, 4.69) is 19.1 Å². The van der Waals surface area contributed by atoms with Crippen molar-refractivity contribution >= 4 is 43.5 Å². The van der Waals surface area contributed by atoms with Crippen LogP contribution in [0.2, 0.25) is 0 Å². The lowest BCUT2D eigenvalue weighted by Crippen LogP contribution is -3.12. The number of fused-ring (bicyclic) bond motifs is 6. The van der Waals surface area contributed by atoms with Gasteiger partial charge >= 0.3 is 0 Å². The molecule has 5 aromatic rings. The number of morpholine rings is 1. The summed E-state index contributed by atoms with van der Waals surface area (Å²) in [5, 5.41) is 3.26. The van der Waals surface area contributed by atoms with Gasteiger partial charge in [-0.3, -0.25) is 0 Å². The second-order valence-electron chi connectivity index (χ2n) is 9.87. The van der Waals surface area contributed by atoms with Crippen molar-refractivity contribution in [3.63, 3.8) is 0 Å². The second-order valence-corrected chi connectivity index (χ2v) is 11.0. The first-order valence-electron chi connectivity index (χ1n) is 12.5. The van der Waals surface area contributed by atoms with Crippen LogP contribution in [0.5, 0.6) is 11.6 Å². The van der Waals surface area contributed by atoms with E-state index in [-0.39, 0.29) is 0 Å². The Kier molecular flexibility index (Phi) is 5.23. The molecule has 0 saturated carbocycles. The lowest BCUT2D eigenvalue weighted by atomic mass is 9.89. The number of ether oxygens (including phenoxy) is 2. The van der Waals surface area contributed by atoms with Gasteiger partial charge in [0.25, 0.3) is 0 Å². The fourth-order valence-corrected chi connectivity index (χ4v) is 6.84. The summed E-state index contributed by atoms with van der Waals surface area (Å²) in [4.78, 5) is 14.0. The van der Waals surface area contributed by atoms with Gasteiger partial charge in [0.2, 0.25) is 5.88 Å². The van der Waals surface area contributed by atoms with Crippen molar-refractivity contribution in [3.05, 3.63) is 58.7 Å². The van der Waals surface area contributed by atoms with E-state index in [1.54, 1.807) is 0 Å². The first-order valence-corrected chi connectivity index (χ1v) is 13.3. The Morgan fingerprint density at radius 3 is 2.83 bits per heavy atom. The van der Waals surface area contributed by atoms with E-state index in [1.807, 2.05) is 41.7 Å². The predicted octanol–water partition coefficient (Wildman–Crippen LogP) is 4.92. The smallest absolute Gasteiger partial charge is 0.231 e. The van der Waals surface area contributed by atoms with E-state index in [9.17, 15) is 0 Å². The SMILES string of the molecule is C[C@@H]1CCc2c(sc3nc(C[NH+]4CCOCC4)nc(Oc4ccc5oc6ccccc6c5c4)c23)C1. The van der Waals surface area contributed by atoms with Gasteiger partial charge in [0, 0.05) is 15.6 Å². The quantitative estimate of drug-likeness (QED) is 0.391. The number of nitrogens with zero attached hydrogens (tertiary/aromatic N) is 2. The minimum Gasteiger partial charge on any atom is -0.456 e. The van der Waals surface area contributed by atoms with Gasteiger partial charge in [0.15, 0.2) is 5.82 Å². The van der Waals surface area contributed by atoms with Gasteiger partial charge < -0.3 is 18.8 Å². The van der Waals surface area contributed by atoms with Crippen LogP contribution in [0.4, 0.5) is 0 Å². The average molecular weight is 487 g/mol. The molecule has 1 aliphatic carbocycles. The maximum atomic E-state index is 6.58. The summed E-state index contributed by atoms with van der Waals surface area (Å²) in [7, 11) is 0. The van der Waals surface area contributed by atoms with Gasteiger partial charge in [-0.2, -0.15) is 4.98 Å². The third kappa shape index (κ3) is 3.88. The van der Waals surface area contributed by atoms with Crippen molar-refractivity contribution in [3.8, 4) is 11.6 Å². The van der Waals surface area contributed by atoms with Crippen molar-refractivity contribution < 1.29 is 18.8 Å². The van der Waals surface area contributed by atoms with Crippen LogP contribution < -0.4 is 9.64 Å². The highest BCUT2D eigenvalue weighted by atomic mass is 32.1. The molecule has 2 aromatic carbocycles. The third-order valence-electron chi connectivity index (χ3n) is 7.34. The minimum absolute atomic E-state index is 0.692. The fraction of sp³-hybridized carbons (Fsp3) is 0.357. The summed E-state index contributed by atoms with van der Waals surface area (Å²) in [6.07, 6.45) is 3.38. The zero-order chi connectivity index (χ0) is 23.4. The molecule has 35 heavy (non-hydrogen) atoms. The van der Waals surface area contributed by atoms with Crippen molar-refractivity contribution in [2.75, 3.05) is 26.3 Å². The van der Waals surface area contributed by atoms with Gasteiger partial charge in [0.05, 0.1) is 18.6 Å². The molecule has 3 aromatic heterocycles. The summed E-state index contributed by atoms with van der Waals surface area (Å²) in [5.41, 5.74) is 3.14. The monoisotopic (exact) mass is 486 g/mol. The van der Waals surface area contributed by atoms with Gasteiger partial charge in [0.1, 0.15) is 41.4 Å². The van der Waals surface area contributed by atoms with E-state index in [0.29, 0.717) is 11.8 Å². The molecule has 0 unspecified atom stereocenters. The highest BCUT2D eigenvalue weighted by molar-refractivity contribution is 7.18. The Morgan fingerprint density at radius 1 is 1.06 bits per heavy atom. The molecule has 2 aliphatic rings. The summed E-state index contributed by atoms with van der Waals surface area (Å²) in [6, 6.07) is 14.2. The first kappa shape index (κ1) is 21.3. The number of para-hydroxylation sites is 1. The normalized spacial score (nSPS) is 18.9. The predicted molar refractivity (Wildman–Crippen MR) is 138 cm³/mol. The largest absolute Gasteiger partial charge is 0.456 e. The lowest BCUT2D eigenvalue weighted by Gasteiger charge is -2.23. The molecule has 0 bridgehead atoms. The highest BCUT2D eigenvalue weighted by Crippen LogP contribution is 2.42. The van der Waals surface area contributed by atoms with Crippen molar-refractivity contribution in [2.24, 2.45) is 5.92 Å². The Bertz CT molecular complexity index is 1550. The molecule has 1 atom stereocenters. The van der Waals surface area contributed by atoms with E-state index < -0.39 is 0 Å². The Morgan fingerprint density at radius 2 is 1.91 bits per heavy atom. The number of hydrogen-bond acceptors (Lipinski definition) is 6. The Hall–Kier alpha value is -3.00.